The minimum absolute atomic E-state index is 0.160. The van der Waals surface area contributed by atoms with E-state index in [-0.39, 0.29) is 13.0 Å². The van der Waals surface area contributed by atoms with Crippen molar-refractivity contribution >= 4 is 5.97 Å². The fourth-order valence-corrected chi connectivity index (χ4v) is 3.10. The lowest BCUT2D eigenvalue weighted by atomic mass is 9.89. The van der Waals surface area contributed by atoms with E-state index in [0.717, 1.165) is 16.7 Å². The van der Waals surface area contributed by atoms with Crippen LogP contribution in [0.5, 0.6) is 0 Å². The van der Waals surface area contributed by atoms with Crippen LogP contribution in [0.4, 0.5) is 0 Å². The molecule has 2 aromatic carbocycles. The van der Waals surface area contributed by atoms with Crippen molar-refractivity contribution in [3.05, 3.63) is 60.2 Å². The second kappa shape index (κ2) is 6.52. The van der Waals surface area contributed by atoms with Crippen LogP contribution in [0.25, 0.3) is 11.1 Å². The van der Waals surface area contributed by atoms with E-state index in [9.17, 15) is 9.90 Å². The predicted molar refractivity (Wildman–Crippen MR) is 86.9 cm³/mol. The van der Waals surface area contributed by atoms with Crippen molar-refractivity contribution in [2.45, 2.75) is 24.5 Å². The number of aliphatic hydroxyl groups excluding tert-OH is 1. The molecule has 0 bridgehead atoms. The molecule has 0 spiro atoms. The predicted octanol–water partition coefficient (Wildman–Crippen LogP) is 2.59. The number of ether oxygens (including phenoxy) is 2. The first-order chi connectivity index (χ1) is 11.1. The fraction of sp³-hybridized carbons (Fsp3) is 0.316. The van der Waals surface area contributed by atoms with E-state index in [4.69, 9.17) is 9.47 Å². The maximum Gasteiger partial charge on any atom is 0.338 e. The maximum atomic E-state index is 12.2. The molecule has 4 heteroatoms. The number of rotatable bonds is 4. The summed E-state index contributed by atoms with van der Waals surface area (Å²) in [5, 5.41) is 9.79. The average Bonchev–Trinajstić information content (AvgIpc) is 2.97. The van der Waals surface area contributed by atoms with Gasteiger partial charge in [-0.1, -0.05) is 54.6 Å². The normalized spacial score (nSPS) is 23.7. The quantitative estimate of drug-likeness (QED) is 0.882. The Hall–Kier alpha value is -2.17. The zero-order valence-electron chi connectivity index (χ0n) is 13.1. The molecule has 1 saturated heterocycles. The Morgan fingerprint density at radius 3 is 2.61 bits per heavy atom. The van der Waals surface area contributed by atoms with Crippen LogP contribution in [0.15, 0.2) is 54.6 Å². The number of hydrogen-bond acceptors (Lipinski definition) is 4. The monoisotopic (exact) mass is 312 g/mol. The Labute approximate surface area is 135 Å². The van der Waals surface area contributed by atoms with E-state index < -0.39 is 17.7 Å². The molecule has 1 aliphatic rings. The van der Waals surface area contributed by atoms with Gasteiger partial charge in [-0.05, 0) is 16.7 Å². The Bertz CT molecular complexity index is 683. The van der Waals surface area contributed by atoms with Crippen LogP contribution < -0.4 is 0 Å². The highest BCUT2D eigenvalue weighted by Gasteiger charge is 2.47. The van der Waals surface area contributed by atoms with Gasteiger partial charge in [-0.3, -0.25) is 0 Å². The summed E-state index contributed by atoms with van der Waals surface area (Å²) in [6, 6.07) is 18.1. The lowest BCUT2D eigenvalue weighted by molar-refractivity contribution is -0.163. The molecule has 2 aromatic rings. The van der Waals surface area contributed by atoms with Gasteiger partial charge < -0.3 is 14.6 Å². The van der Waals surface area contributed by atoms with E-state index in [0.29, 0.717) is 6.42 Å². The molecule has 120 valence electrons. The summed E-state index contributed by atoms with van der Waals surface area (Å²) in [5.74, 6) is -0.431. The molecule has 2 atom stereocenters. The van der Waals surface area contributed by atoms with Crippen molar-refractivity contribution in [2.75, 3.05) is 13.7 Å². The van der Waals surface area contributed by atoms with Gasteiger partial charge in [0.2, 0.25) is 0 Å². The average molecular weight is 312 g/mol. The summed E-state index contributed by atoms with van der Waals surface area (Å²) in [5.41, 5.74) is 2.09. The number of benzene rings is 2. The number of esters is 1. The lowest BCUT2D eigenvalue weighted by Gasteiger charge is -2.25. The van der Waals surface area contributed by atoms with E-state index in [1.165, 1.54) is 7.11 Å². The van der Waals surface area contributed by atoms with Crippen LogP contribution in [0.2, 0.25) is 0 Å². The Morgan fingerprint density at radius 1 is 1.22 bits per heavy atom. The molecule has 1 fully saturated rings. The number of carbonyl (C=O) groups is 1. The van der Waals surface area contributed by atoms with E-state index in [1.54, 1.807) is 0 Å². The van der Waals surface area contributed by atoms with Crippen molar-refractivity contribution in [1.29, 1.82) is 0 Å². The summed E-state index contributed by atoms with van der Waals surface area (Å²) < 4.78 is 10.5. The van der Waals surface area contributed by atoms with E-state index in [2.05, 4.69) is 0 Å². The third-order valence-corrected chi connectivity index (χ3v) is 4.20. The first kappa shape index (κ1) is 15.7. The molecule has 3 rings (SSSR count). The van der Waals surface area contributed by atoms with Crippen LogP contribution >= 0.6 is 0 Å². The zero-order valence-corrected chi connectivity index (χ0v) is 13.1. The second-order valence-corrected chi connectivity index (χ2v) is 5.90. The van der Waals surface area contributed by atoms with Crippen LogP contribution in [0.3, 0.4) is 0 Å². The van der Waals surface area contributed by atoms with Gasteiger partial charge in [-0.15, -0.1) is 0 Å². The Balaban J connectivity index is 1.88. The minimum atomic E-state index is -1.09. The van der Waals surface area contributed by atoms with Crippen LogP contribution in [-0.2, 0) is 20.7 Å². The van der Waals surface area contributed by atoms with Gasteiger partial charge in [0.05, 0.1) is 19.8 Å². The number of aliphatic hydroxyl groups is 1. The molecular formula is C19H20O4. The fourth-order valence-electron chi connectivity index (χ4n) is 3.10. The van der Waals surface area contributed by atoms with Gasteiger partial charge in [-0.25, -0.2) is 4.79 Å². The van der Waals surface area contributed by atoms with Gasteiger partial charge in [0.1, 0.15) is 0 Å². The summed E-state index contributed by atoms with van der Waals surface area (Å²) in [4.78, 5) is 12.2. The van der Waals surface area contributed by atoms with Gasteiger partial charge in [-0.2, -0.15) is 0 Å². The second-order valence-electron chi connectivity index (χ2n) is 5.90. The molecule has 1 N–H and O–H groups in total. The molecule has 4 nitrogen and oxygen atoms in total. The maximum absolute atomic E-state index is 12.2. The first-order valence-corrected chi connectivity index (χ1v) is 7.68. The highest BCUT2D eigenvalue weighted by molar-refractivity contribution is 5.80. The van der Waals surface area contributed by atoms with E-state index >= 15 is 0 Å². The van der Waals surface area contributed by atoms with Gasteiger partial charge in [0, 0.05) is 12.8 Å². The molecule has 0 amide bonds. The van der Waals surface area contributed by atoms with Gasteiger partial charge in [0.25, 0.3) is 0 Å². The van der Waals surface area contributed by atoms with Crippen LogP contribution in [0, 0.1) is 0 Å². The number of methoxy groups -OCH3 is 1. The number of hydrogen-bond donors (Lipinski definition) is 1. The van der Waals surface area contributed by atoms with Crippen molar-refractivity contribution in [3.63, 3.8) is 0 Å². The number of carbonyl (C=O) groups excluding carboxylic acids is 1. The molecule has 1 aliphatic heterocycles. The summed E-state index contributed by atoms with van der Waals surface area (Å²) in [6.07, 6.45) is 0.0125. The van der Waals surface area contributed by atoms with Crippen LogP contribution in [-0.4, -0.2) is 36.5 Å². The summed E-state index contributed by atoms with van der Waals surface area (Å²) in [6.45, 7) is 0.160. The molecule has 0 unspecified atom stereocenters. The Morgan fingerprint density at radius 2 is 1.96 bits per heavy atom. The SMILES string of the molecule is COC(=O)[C@]1(Cc2cccc(-c3ccccc3)c2)C[C@H](O)CO1. The zero-order chi connectivity index (χ0) is 16.3. The summed E-state index contributed by atoms with van der Waals surface area (Å²) >= 11 is 0. The third-order valence-electron chi connectivity index (χ3n) is 4.20. The topological polar surface area (TPSA) is 55.8 Å². The molecular weight excluding hydrogens is 292 g/mol. The smallest absolute Gasteiger partial charge is 0.338 e. The molecule has 0 radical (unpaired) electrons. The van der Waals surface area contributed by atoms with Crippen LogP contribution in [0.1, 0.15) is 12.0 Å². The van der Waals surface area contributed by atoms with Crippen molar-refractivity contribution in [3.8, 4) is 11.1 Å². The molecule has 23 heavy (non-hydrogen) atoms. The van der Waals surface area contributed by atoms with Crippen molar-refractivity contribution in [1.82, 2.24) is 0 Å². The molecule has 0 saturated carbocycles. The minimum Gasteiger partial charge on any atom is -0.467 e. The summed E-state index contributed by atoms with van der Waals surface area (Å²) in [7, 11) is 1.35. The standard InChI is InChI=1S/C19H20O4/c1-22-18(21)19(12-17(20)13-23-19)11-14-6-5-9-16(10-14)15-7-3-2-4-8-15/h2-10,17,20H,11-13H2,1H3/t17-,19-/m0/s1. The van der Waals surface area contributed by atoms with E-state index in [1.807, 2.05) is 54.6 Å². The van der Waals surface area contributed by atoms with Crippen molar-refractivity contribution in [2.24, 2.45) is 0 Å². The van der Waals surface area contributed by atoms with Gasteiger partial charge in [0.15, 0.2) is 5.60 Å². The van der Waals surface area contributed by atoms with Crippen molar-refractivity contribution < 1.29 is 19.4 Å². The largest absolute Gasteiger partial charge is 0.467 e. The highest BCUT2D eigenvalue weighted by atomic mass is 16.6. The molecule has 0 aromatic heterocycles. The van der Waals surface area contributed by atoms with Gasteiger partial charge >= 0.3 is 5.97 Å². The molecule has 0 aliphatic carbocycles. The lowest BCUT2D eigenvalue weighted by Crippen LogP contribution is -2.41. The Kier molecular flexibility index (Phi) is 4.46. The molecule has 1 heterocycles. The highest BCUT2D eigenvalue weighted by Crippen LogP contribution is 2.32. The third kappa shape index (κ3) is 3.28. The first-order valence-electron chi connectivity index (χ1n) is 7.68.